The molecule has 0 spiro atoms. The molecule has 1 N–H and O–H groups in total. The molecule has 9 heteroatoms. The second-order valence-corrected chi connectivity index (χ2v) is 8.67. The molecule has 0 unspecified atom stereocenters. The van der Waals surface area contributed by atoms with E-state index in [1.165, 1.54) is 12.1 Å². The average Bonchev–Trinajstić information content (AvgIpc) is 2.83. The van der Waals surface area contributed by atoms with Gasteiger partial charge in [-0.15, -0.1) is 0 Å². The van der Waals surface area contributed by atoms with Crippen LogP contribution < -0.4 is 14.8 Å². The molecule has 1 aliphatic rings. The number of nitrogens with zero attached hydrogens (tertiary/aromatic N) is 4. The molecule has 2 heterocycles. The van der Waals surface area contributed by atoms with Gasteiger partial charge in [0.05, 0.1) is 11.6 Å². The number of benzene rings is 2. The number of likely N-dealkylation sites (N-methyl/N-ethyl adjacent to an activating group) is 1. The van der Waals surface area contributed by atoms with Gasteiger partial charge < -0.3 is 24.6 Å². The summed E-state index contributed by atoms with van der Waals surface area (Å²) in [6.45, 7) is 6.24. The predicted molar refractivity (Wildman–Crippen MR) is 132 cm³/mol. The van der Waals surface area contributed by atoms with Gasteiger partial charge in [0.15, 0.2) is 0 Å². The fourth-order valence-electron chi connectivity index (χ4n) is 3.63. The standard InChI is InChI=1S/C25H29ClFN5O2/c1-31-11-13-32(14-12-31)10-3-15-33-25-28-9-8-24(30-25)29-21-6-7-23(22(26)17-21)34-18-19-4-2-5-20(27)16-19/h2,4-9,16-17H,3,10-15,18H2,1H3,(H,28,29,30). The van der Waals surface area contributed by atoms with Gasteiger partial charge in [0.1, 0.15) is 24.0 Å². The summed E-state index contributed by atoms with van der Waals surface area (Å²) in [6, 6.07) is 13.7. The van der Waals surface area contributed by atoms with Crippen LogP contribution in [0.2, 0.25) is 5.02 Å². The van der Waals surface area contributed by atoms with E-state index in [0.717, 1.165) is 50.4 Å². The third-order valence-electron chi connectivity index (χ3n) is 5.57. The minimum atomic E-state index is -0.296. The molecule has 0 amide bonds. The number of aromatic nitrogens is 2. The Balaban J connectivity index is 1.25. The Labute approximate surface area is 204 Å². The maximum absolute atomic E-state index is 13.3. The summed E-state index contributed by atoms with van der Waals surface area (Å²) in [5.41, 5.74) is 1.48. The molecule has 2 aromatic carbocycles. The van der Waals surface area contributed by atoms with Crippen molar-refractivity contribution < 1.29 is 13.9 Å². The minimum absolute atomic E-state index is 0.228. The van der Waals surface area contributed by atoms with Crippen molar-refractivity contribution in [1.82, 2.24) is 19.8 Å². The summed E-state index contributed by atoms with van der Waals surface area (Å²) in [4.78, 5) is 13.4. The highest BCUT2D eigenvalue weighted by atomic mass is 35.5. The van der Waals surface area contributed by atoms with Crippen LogP contribution in [0.15, 0.2) is 54.7 Å². The van der Waals surface area contributed by atoms with E-state index >= 15 is 0 Å². The molecule has 1 saturated heterocycles. The van der Waals surface area contributed by atoms with Crippen LogP contribution in [-0.2, 0) is 6.61 Å². The number of hydrogen-bond donors (Lipinski definition) is 1. The quantitative estimate of drug-likeness (QED) is 0.421. The first-order valence-corrected chi connectivity index (χ1v) is 11.7. The van der Waals surface area contributed by atoms with E-state index in [1.807, 2.05) is 6.07 Å². The molecule has 1 aliphatic heterocycles. The molecule has 0 aliphatic carbocycles. The fourth-order valence-corrected chi connectivity index (χ4v) is 3.87. The summed E-state index contributed by atoms with van der Waals surface area (Å²) >= 11 is 6.38. The van der Waals surface area contributed by atoms with Gasteiger partial charge in [-0.3, -0.25) is 0 Å². The van der Waals surface area contributed by atoms with E-state index < -0.39 is 0 Å². The SMILES string of the molecule is CN1CCN(CCCOc2nccc(Nc3ccc(OCc4cccc(F)c4)c(Cl)c3)n2)CC1. The van der Waals surface area contributed by atoms with Gasteiger partial charge in [-0.1, -0.05) is 23.7 Å². The van der Waals surface area contributed by atoms with E-state index in [-0.39, 0.29) is 12.4 Å². The first kappa shape index (κ1) is 24.2. The van der Waals surface area contributed by atoms with Gasteiger partial charge in [0.25, 0.3) is 0 Å². The number of hydrogen-bond acceptors (Lipinski definition) is 7. The Morgan fingerprint density at radius 3 is 2.71 bits per heavy atom. The lowest BCUT2D eigenvalue weighted by Crippen LogP contribution is -2.44. The van der Waals surface area contributed by atoms with Crippen LogP contribution in [0.3, 0.4) is 0 Å². The second-order valence-electron chi connectivity index (χ2n) is 8.26. The molecule has 1 fully saturated rings. The third-order valence-corrected chi connectivity index (χ3v) is 5.86. The molecular formula is C25H29ClFN5O2. The zero-order valence-corrected chi connectivity index (χ0v) is 20.0. The van der Waals surface area contributed by atoms with Gasteiger partial charge in [-0.25, -0.2) is 9.37 Å². The number of ether oxygens (including phenoxy) is 2. The molecule has 3 aromatic rings. The molecule has 180 valence electrons. The van der Waals surface area contributed by atoms with Crippen LogP contribution in [0.5, 0.6) is 11.8 Å². The summed E-state index contributed by atoms with van der Waals surface area (Å²) < 4.78 is 24.8. The smallest absolute Gasteiger partial charge is 0.318 e. The summed E-state index contributed by atoms with van der Waals surface area (Å²) in [7, 11) is 2.16. The van der Waals surface area contributed by atoms with E-state index in [0.29, 0.717) is 29.2 Å². The first-order valence-electron chi connectivity index (χ1n) is 11.4. The Kier molecular flexibility index (Phi) is 8.51. The van der Waals surface area contributed by atoms with Crippen molar-refractivity contribution >= 4 is 23.1 Å². The second kappa shape index (κ2) is 12.0. The van der Waals surface area contributed by atoms with E-state index in [2.05, 4.69) is 32.1 Å². The highest BCUT2D eigenvalue weighted by molar-refractivity contribution is 6.32. The Hall–Kier alpha value is -2.94. The zero-order valence-electron chi connectivity index (χ0n) is 19.2. The Bertz CT molecular complexity index is 1080. The number of piperazine rings is 1. The Morgan fingerprint density at radius 1 is 1.06 bits per heavy atom. The van der Waals surface area contributed by atoms with E-state index in [1.54, 1.807) is 36.5 Å². The highest BCUT2D eigenvalue weighted by Gasteiger charge is 2.13. The average molecular weight is 486 g/mol. The van der Waals surface area contributed by atoms with Crippen molar-refractivity contribution in [2.24, 2.45) is 0 Å². The number of rotatable bonds is 10. The van der Waals surface area contributed by atoms with Crippen molar-refractivity contribution in [2.45, 2.75) is 13.0 Å². The van der Waals surface area contributed by atoms with Gasteiger partial charge in [-0.2, -0.15) is 4.98 Å². The fraction of sp³-hybridized carbons (Fsp3) is 0.360. The molecule has 4 rings (SSSR count). The minimum Gasteiger partial charge on any atom is -0.487 e. The maximum atomic E-state index is 13.3. The molecule has 0 saturated carbocycles. The van der Waals surface area contributed by atoms with Crippen molar-refractivity contribution in [3.05, 3.63) is 71.1 Å². The lowest BCUT2D eigenvalue weighted by Gasteiger charge is -2.32. The van der Waals surface area contributed by atoms with Crippen LogP contribution in [0, 0.1) is 5.82 Å². The van der Waals surface area contributed by atoms with Gasteiger partial charge >= 0.3 is 6.01 Å². The summed E-state index contributed by atoms with van der Waals surface area (Å²) in [6.07, 6.45) is 2.58. The van der Waals surface area contributed by atoms with Crippen LogP contribution in [-0.4, -0.2) is 66.1 Å². The van der Waals surface area contributed by atoms with Crippen molar-refractivity contribution in [3.8, 4) is 11.8 Å². The molecule has 1 aromatic heterocycles. The van der Waals surface area contributed by atoms with Crippen molar-refractivity contribution in [1.29, 1.82) is 0 Å². The van der Waals surface area contributed by atoms with E-state index in [9.17, 15) is 4.39 Å². The molecule has 0 bridgehead atoms. The molecule has 34 heavy (non-hydrogen) atoms. The van der Waals surface area contributed by atoms with Crippen LogP contribution in [0.1, 0.15) is 12.0 Å². The monoisotopic (exact) mass is 485 g/mol. The lowest BCUT2D eigenvalue weighted by atomic mass is 10.2. The van der Waals surface area contributed by atoms with Gasteiger partial charge in [-0.05, 0) is 55.4 Å². The highest BCUT2D eigenvalue weighted by Crippen LogP contribution is 2.29. The summed E-state index contributed by atoms with van der Waals surface area (Å²) in [5, 5.41) is 3.65. The van der Waals surface area contributed by atoms with Gasteiger partial charge in [0, 0.05) is 44.6 Å². The topological polar surface area (TPSA) is 62.8 Å². The molecular weight excluding hydrogens is 457 g/mol. The van der Waals surface area contributed by atoms with E-state index in [4.69, 9.17) is 21.1 Å². The largest absolute Gasteiger partial charge is 0.487 e. The number of anilines is 2. The lowest BCUT2D eigenvalue weighted by molar-refractivity contribution is 0.144. The number of nitrogens with one attached hydrogen (secondary N) is 1. The van der Waals surface area contributed by atoms with Gasteiger partial charge in [0.2, 0.25) is 0 Å². The van der Waals surface area contributed by atoms with Crippen molar-refractivity contribution in [2.75, 3.05) is 51.7 Å². The first-order chi connectivity index (χ1) is 16.5. The third kappa shape index (κ3) is 7.28. The zero-order chi connectivity index (χ0) is 23.8. The number of halogens is 2. The predicted octanol–water partition coefficient (Wildman–Crippen LogP) is 4.61. The molecule has 0 atom stereocenters. The molecule has 0 radical (unpaired) electrons. The normalized spacial score (nSPS) is 14.7. The van der Waals surface area contributed by atoms with Crippen LogP contribution >= 0.6 is 11.6 Å². The molecule has 7 nitrogen and oxygen atoms in total. The Morgan fingerprint density at radius 2 is 1.91 bits per heavy atom. The van der Waals surface area contributed by atoms with Crippen LogP contribution in [0.4, 0.5) is 15.9 Å². The summed E-state index contributed by atoms with van der Waals surface area (Å²) in [5.74, 6) is 0.826. The maximum Gasteiger partial charge on any atom is 0.318 e. The van der Waals surface area contributed by atoms with Crippen molar-refractivity contribution in [3.63, 3.8) is 0 Å². The van der Waals surface area contributed by atoms with Crippen LogP contribution in [0.25, 0.3) is 0 Å².